The first-order valence-electron chi connectivity index (χ1n) is 7.30. The van der Waals surface area contributed by atoms with Crippen LogP contribution in [0.15, 0.2) is 18.3 Å². The fourth-order valence-corrected chi connectivity index (χ4v) is 3.49. The molecule has 2 saturated heterocycles. The smallest absolute Gasteiger partial charge is 0.146 e. The van der Waals surface area contributed by atoms with Crippen LogP contribution in [0.3, 0.4) is 0 Å². The predicted octanol–water partition coefficient (Wildman–Crippen LogP) is 0.989. The van der Waals surface area contributed by atoms with Crippen LogP contribution in [0.25, 0.3) is 0 Å². The van der Waals surface area contributed by atoms with Crippen LogP contribution in [0.4, 0.5) is 5.82 Å². The molecule has 0 aromatic carbocycles. The minimum Gasteiger partial charge on any atom is -0.395 e. The summed E-state index contributed by atoms with van der Waals surface area (Å²) >= 11 is 0. The van der Waals surface area contributed by atoms with E-state index in [0.29, 0.717) is 17.6 Å². The number of nitrogens with zero attached hydrogens (tertiary/aromatic N) is 4. The van der Waals surface area contributed by atoms with Gasteiger partial charge in [-0.1, -0.05) is 6.42 Å². The zero-order chi connectivity index (χ0) is 13.9. The molecule has 5 heteroatoms. The molecule has 0 amide bonds. The number of pyridine rings is 1. The van der Waals surface area contributed by atoms with Crippen molar-refractivity contribution in [3.8, 4) is 6.07 Å². The Morgan fingerprint density at radius 3 is 3.10 bits per heavy atom. The lowest BCUT2D eigenvalue weighted by Gasteiger charge is -2.48. The van der Waals surface area contributed by atoms with Gasteiger partial charge in [-0.15, -0.1) is 0 Å². The summed E-state index contributed by atoms with van der Waals surface area (Å²) in [7, 11) is 0. The molecular formula is C15H20N4O. The van der Waals surface area contributed by atoms with Gasteiger partial charge in [-0.2, -0.15) is 5.26 Å². The van der Waals surface area contributed by atoms with Crippen LogP contribution in [0, 0.1) is 11.3 Å². The number of aromatic nitrogens is 1. The zero-order valence-corrected chi connectivity index (χ0v) is 11.6. The lowest BCUT2D eigenvalue weighted by molar-refractivity contribution is 0.0369. The number of hydrogen-bond donors (Lipinski definition) is 1. The first-order valence-corrected chi connectivity index (χ1v) is 7.30. The molecule has 2 aliphatic rings. The van der Waals surface area contributed by atoms with E-state index in [9.17, 15) is 10.4 Å². The van der Waals surface area contributed by atoms with Crippen molar-refractivity contribution in [1.29, 1.82) is 5.26 Å². The van der Waals surface area contributed by atoms with Gasteiger partial charge in [0.2, 0.25) is 0 Å². The Labute approximate surface area is 119 Å². The summed E-state index contributed by atoms with van der Waals surface area (Å²) in [5.41, 5.74) is 0.649. The highest BCUT2D eigenvalue weighted by Gasteiger charge is 2.35. The van der Waals surface area contributed by atoms with Crippen LogP contribution in [0.1, 0.15) is 24.8 Å². The summed E-state index contributed by atoms with van der Waals surface area (Å²) in [5.74, 6) is 0.806. The van der Waals surface area contributed by atoms with E-state index in [0.717, 1.165) is 31.9 Å². The number of rotatable bonds is 2. The standard InChI is InChI=1S/C15H20N4O/c16-9-12-3-2-6-17-15(12)18-7-8-19-13(10-18)4-1-5-14(19)11-20/h2-3,6,13-14,20H,1,4-5,7-8,10-11H2/t13-,14+/m0/s1. The van der Waals surface area contributed by atoms with Crippen LogP contribution in [-0.4, -0.2) is 53.3 Å². The third-order valence-corrected chi connectivity index (χ3v) is 4.49. The molecule has 1 N–H and O–H groups in total. The second-order valence-corrected chi connectivity index (χ2v) is 5.59. The Morgan fingerprint density at radius 1 is 1.40 bits per heavy atom. The lowest BCUT2D eigenvalue weighted by atomic mass is 9.93. The van der Waals surface area contributed by atoms with Crippen molar-refractivity contribution in [3.05, 3.63) is 23.9 Å². The minimum absolute atomic E-state index is 0.254. The Bertz CT molecular complexity index is 513. The Balaban J connectivity index is 1.78. The van der Waals surface area contributed by atoms with E-state index < -0.39 is 0 Å². The molecular weight excluding hydrogens is 252 g/mol. The summed E-state index contributed by atoms with van der Waals surface area (Å²) in [4.78, 5) is 9.05. The fraction of sp³-hybridized carbons (Fsp3) is 0.600. The number of fused-ring (bicyclic) bond motifs is 1. The molecule has 3 heterocycles. The van der Waals surface area contributed by atoms with E-state index in [-0.39, 0.29) is 6.61 Å². The molecule has 106 valence electrons. The number of nitriles is 1. The zero-order valence-electron chi connectivity index (χ0n) is 11.6. The van der Waals surface area contributed by atoms with Crippen LogP contribution < -0.4 is 4.90 Å². The third-order valence-electron chi connectivity index (χ3n) is 4.49. The highest BCUT2D eigenvalue weighted by molar-refractivity contribution is 5.53. The predicted molar refractivity (Wildman–Crippen MR) is 76.4 cm³/mol. The van der Waals surface area contributed by atoms with Crippen molar-refractivity contribution in [1.82, 2.24) is 9.88 Å². The van der Waals surface area contributed by atoms with Crippen molar-refractivity contribution < 1.29 is 5.11 Å². The summed E-state index contributed by atoms with van der Waals surface area (Å²) in [5, 5.41) is 18.7. The van der Waals surface area contributed by atoms with E-state index in [2.05, 4.69) is 20.9 Å². The SMILES string of the molecule is N#Cc1cccnc1N1CCN2[C@@H](CO)CCC[C@H]2C1. The Hall–Kier alpha value is -1.64. The van der Waals surface area contributed by atoms with E-state index >= 15 is 0 Å². The van der Waals surface area contributed by atoms with E-state index in [4.69, 9.17) is 0 Å². The largest absolute Gasteiger partial charge is 0.395 e. The number of piperazine rings is 1. The van der Waals surface area contributed by atoms with E-state index in [1.165, 1.54) is 12.8 Å². The summed E-state index contributed by atoms with van der Waals surface area (Å²) in [6.07, 6.45) is 5.19. The maximum atomic E-state index is 9.48. The second-order valence-electron chi connectivity index (χ2n) is 5.59. The molecule has 2 atom stereocenters. The number of aliphatic hydroxyl groups excluding tert-OH is 1. The lowest BCUT2D eigenvalue weighted by Crippen LogP contribution is -2.59. The molecule has 20 heavy (non-hydrogen) atoms. The first kappa shape index (κ1) is 13.3. The monoisotopic (exact) mass is 272 g/mol. The third kappa shape index (κ3) is 2.37. The van der Waals surface area contributed by atoms with Crippen LogP contribution in [0.5, 0.6) is 0 Å². The van der Waals surface area contributed by atoms with Gasteiger partial charge in [0.15, 0.2) is 0 Å². The van der Waals surface area contributed by atoms with Gasteiger partial charge in [0.1, 0.15) is 11.9 Å². The minimum atomic E-state index is 0.254. The van der Waals surface area contributed by atoms with Crippen molar-refractivity contribution in [2.24, 2.45) is 0 Å². The molecule has 3 rings (SSSR count). The van der Waals surface area contributed by atoms with Gasteiger partial charge in [0.25, 0.3) is 0 Å². The number of anilines is 1. The van der Waals surface area contributed by atoms with Gasteiger partial charge in [0, 0.05) is 37.9 Å². The molecule has 2 aliphatic heterocycles. The van der Waals surface area contributed by atoms with E-state index in [1.807, 2.05) is 6.07 Å². The van der Waals surface area contributed by atoms with E-state index in [1.54, 1.807) is 12.3 Å². The van der Waals surface area contributed by atoms with Gasteiger partial charge < -0.3 is 10.0 Å². The highest BCUT2D eigenvalue weighted by Crippen LogP contribution is 2.28. The molecule has 0 bridgehead atoms. The molecule has 2 fully saturated rings. The van der Waals surface area contributed by atoms with Crippen molar-refractivity contribution in [2.75, 3.05) is 31.1 Å². The maximum Gasteiger partial charge on any atom is 0.146 e. The first-order chi connectivity index (χ1) is 9.83. The average Bonchev–Trinajstić information content (AvgIpc) is 2.53. The normalized spacial score (nSPS) is 26.9. The molecule has 0 aliphatic carbocycles. The van der Waals surface area contributed by atoms with Gasteiger partial charge >= 0.3 is 0 Å². The van der Waals surface area contributed by atoms with Gasteiger partial charge in [-0.05, 0) is 25.0 Å². The number of hydrogen-bond acceptors (Lipinski definition) is 5. The average molecular weight is 272 g/mol. The number of aliphatic hydroxyl groups is 1. The molecule has 1 aromatic heterocycles. The van der Waals surface area contributed by atoms with Crippen LogP contribution in [0.2, 0.25) is 0 Å². The molecule has 0 saturated carbocycles. The Kier molecular flexibility index (Phi) is 3.86. The quantitative estimate of drug-likeness (QED) is 0.870. The molecule has 5 nitrogen and oxygen atoms in total. The topological polar surface area (TPSA) is 63.4 Å². The highest BCUT2D eigenvalue weighted by atomic mass is 16.3. The van der Waals surface area contributed by atoms with Crippen LogP contribution >= 0.6 is 0 Å². The van der Waals surface area contributed by atoms with Gasteiger partial charge in [-0.25, -0.2) is 4.98 Å². The van der Waals surface area contributed by atoms with Crippen molar-refractivity contribution in [2.45, 2.75) is 31.3 Å². The van der Waals surface area contributed by atoms with Crippen molar-refractivity contribution in [3.63, 3.8) is 0 Å². The summed E-state index contributed by atoms with van der Waals surface area (Å²) < 4.78 is 0. The molecule has 0 radical (unpaired) electrons. The van der Waals surface area contributed by atoms with Gasteiger partial charge in [0.05, 0.1) is 12.2 Å². The summed E-state index contributed by atoms with van der Waals surface area (Å²) in [6.45, 7) is 2.97. The fourth-order valence-electron chi connectivity index (χ4n) is 3.49. The maximum absolute atomic E-state index is 9.48. The summed E-state index contributed by atoms with van der Waals surface area (Å²) in [6, 6.07) is 6.65. The number of piperidine rings is 1. The molecule has 1 aromatic rings. The molecule has 0 spiro atoms. The molecule has 0 unspecified atom stereocenters. The van der Waals surface area contributed by atoms with Crippen molar-refractivity contribution >= 4 is 5.82 Å². The second kappa shape index (κ2) is 5.78. The van der Waals surface area contributed by atoms with Crippen LogP contribution in [-0.2, 0) is 0 Å². The Morgan fingerprint density at radius 2 is 2.30 bits per heavy atom. The van der Waals surface area contributed by atoms with Gasteiger partial charge in [-0.3, -0.25) is 4.90 Å².